The van der Waals surface area contributed by atoms with Crippen LogP contribution in [-0.4, -0.2) is 40.1 Å². The highest BCUT2D eigenvalue weighted by molar-refractivity contribution is 7.99. The molecular formula is C24H20N2O6S. The Morgan fingerprint density at radius 1 is 1.06 bits per heavy atom. The number of phenolic OH excluding ortho intramolecular Hbond substituents is 2. The number of hydrogen-bond acceptors (Lipinski definition) is 8. The number of carbonyl (C=O) groups is 2. The lowest BCUT2D eigenvalue weighted by Crippen LogP contribution is -2.33. The van der Waals surface area contributed by atoms with Gasteiger partial charge < -0.3 is 30.7 Å². The summed E-state index contributed by atoms with van der Waals surface area (Å²) in [6, 6.07) is 14.6. The van der Waals surface area contributed by atoms with E-state index >= 15 is 0 Å². The molecule has 2 heterocycles. The predicted molar refractivity (Wildman–Crippen MR) is 123 cm³/mol. The highest BCUT2D eigenvalue weighted by Gasteiger charge is 2.54. The molecule has 0 saturated carbocycles. The van der Waals surface area contributed by atoms with Crippen LogP contribution in [0.1, 0.15) is 27.0 Å². The van der Waals surface area contributed by atoms with E-state index in [0.717, 1.165) is 0 Å². The Morgan fingerprint density at radius 3 is 2.67 bits per heavy atom. The molecule has 2 aliphatic heterocycles. The molecule has 0 aliphatic carbocycles. The molecule has 3 aromatic carbocycles. The number of carbonyl (C=O) groups excluding carboxylic acids is 2. The number of rotatable bonds is 5. The van der Waals surface area contributed by atoms with Gasteiger partial charge in [-0.05, 0) is 30.3 Å². The van der Waals surface area contributed by atoms with E-state index in [1.54, 1.807) is 36.4 Å². The standard InChI is InChI=1S/C24H20N2O6S/c25-9-10-33-12-20(29)26-21-18(28)8-7-17-22(21)31-19-11-13(27)5-6-16(19)24(17)15-4-2-1-3-14(15)23(30)32-24/h1-8,11,27-28H,9-10,12,25H2,(H,26,29). The number of hydrogen-bond donors (Lipinski definition) is 4. The lowest BCUT2D eigenvalue weighted by atomic mass is 9.77. The Hall–Kier alpha value is -3.69. The number of phenols is 2. The number of benzene rings is 3. The molecule has 1 atom stereocenters. The van der Waals surface area contributed by atoms with Crippen molar-refractivity contribution in [3.8, 4) is 23.0 Å². The van der Waals surface area contributed by atoms with E-state index in [9.17, 15) is 19.8 Å². The summed E-state index contributed by atoms with van der Waals surface area (Å²) >= 11 is 1.36. The Morgan fingerprint density at radius 2 is 1.85 bits per heavy atom. The number of nitrogens with two attached hydrogens (primary N) is 1. The average Bonchev–Trinajstić information content (AvgIpc) is 3.09. The average molecular weight is 464 g/mol. The van der Waals surface area contributed by atoms with E-state index in [4.69, 9.17) is 15.2 Å². The second kappa shape index (κ2) is 8.02. The van der Waals surface area contributed by atoms with Crippen LogP contribution in [0.2, 0.25) is 0 Å². The van der Waals surface area contributed by atoms with Gasteiger partial charge in [0.2, 0.25) is 5.91 Å². The molecule has 5 rings (SSSR count). The second-order valence-electron chi connectivity index (χ2n) is 7.62. The number of amides is 1. The molecule has 1 spiro atoms. The van der Waals surface area contributed by atoms with Gasteiger partial charge in [-0.15, -0.1) is 0 Å². The lowest BCUT2D eigenvalue weighted by molar-refractivity contribution is -0.113. The highest BCUT2D eigenvalue weighted by atomic mass is 32.2. The summed E-state index contributed by atoms with van der Waals surface area (Å²) in [5, 5.41) is 23.4. The first-order valence-electron chi connectivity index (χ1n) is 10.2. The minimum atomic E-state index is -1.37. The maximum absolute atomic E-state index is 12.9. The molecule has 9 heteroatoms. The topological polar surface area (TPSA) is 131 Å². The monoisotopic (exact) mass is 464 g/mol. The van der Waals surface area contributed by atoms with E-state index in [1.807, 2.05) is 0 Å². The number of thioether (sulfide) groups is 1. The molecular weight excluding hydrogens is 444 g/mol. The Balaban J connectivity index is 1.71. The van der Waals surface area contributed by atoms with Crippen molar-refractivity contribution in [2.24, 2.45) is 5.73 Å². The van der Waals surface area contributed by atoms with Gasteiger partial charge >= 0.3 is 5.97 Å². The van der Waals surface area contributed by atoms with Crippen LogP contribution in [-0.2, 0) is 15.1 Å². The zero-order valence-corrected chi connectivity index (χ0v) is 18.1. The third-order valence-corrected chi connectivity index (χ3v) is 6.59. The minimum Gasteiger partial charge on any atom is -0.508 e. The molecule has 0 radical (unpaired) electrons. The van der Waals surface area contributed by atoms with E-state index in [1.165, 1.54) is 30.0 Å². The summed E-state index contributed by atoms with van der Waals surface area (Å²) in [6.45, 7) is 0.445. The molecule has 1 amide bonds. The predicted octanol–water partition coefficient (Wildman–Crippen LogP) is 3.30. The van der Waals surface area contributed by atoms with E-state index in [-0.39, 0.29) is 40.3 Å². The number of esters is 1. The van der Waals surface area contributed by atoms with Crippen LogP contribution in [0.3, 0.4) is 0 Å². The van der Waals surface area contributed by atoms with Crippen LogP contribution in [0.15, 0.2) is 54.6 Å². The zero-order valence-electron chi connectivity index (χ0n) is 17.3. The molecule has 0 aromatic heterocycles. The van der Waals surface area contributed by atoms with Gasteiger partial charge in [-0.3, -0.25) is 4.79 Å². The SMILES string of the molecule is NCCSCC(=O)Nc1c(O)ccc2c1Oc1cc(O)ccc1C21OC(=O)c2ccccc21. The van der Waals surface area contributed by atoms with Gasteiger partial charge in [-0.2, -0.15) is 11.8 Å². The smallest absolute Gasteiger partial charge is 0.340 e. The summed E-state index contributed by atoms with van der Waals surface area (Å²) in [7, 11) is 0. The summed E-state index contributed by atoms with van der Waals surface area (Å²) in [6.07, 6.45) is 0. The minimum absolute atomic E-state index is 0.0473. The van der Waals surface area contributed by atoms with Gasteiger partial charge in [0.25, 0.3) is 0 Å². The van der Waals surface area contributed by atoms with Gasteiger partial charge in [0, 0.05) is 29.5 Å². The first-order chi connectivity index (χ1) is 16.0. The van der Waals surface area contributed by atoms with Crippen molar-refractivity contribution in [3.05, 3.63) is 76.9 Å². The Kier molecular flexibility index (Phi) is 5.15. The molecule has 8 nitrogen and oxygen atoms in total. The number of nitrogens with one attached hydrogen (secondary N) is 1. The first kappa shape index (κ1) is 21.2. The number of ether oxygens (including phenoxy) is 2. The fourth-order valence-electron chi connectivity index (χ4n) is 4.26. The van der Waals surface area contributed by atoms with E-state index in [2.05, 4.69) is 5.32 Å². The van der Waals surface area contributed by atoms with Gasteiger partial charge in [0.05, 0.1) is 16.9 Å². The van der Waals surface area contributed by atoms with Crippen LogP contribution in [0.5, 0.6) is 23.0 Å². The van der Waals surface area contributed by atoms with Crippen molar-refractivity contribution < 1.29 is 29.3 Å². The normalized spacial score (nSPS) is 17.5. The van der Waals surface area contributed by atoms with Gasteiger partial charge in [0.1, 0.15) is 22.9 Å². The first-order valence-corrected chi connectivity index (χ1v) is 11.4. The maximum atomic E-state index is 12.9. The lowest BCUT2D eigenvalue weighted by Gasteiger charge is -2.37. The third kappa shape index (κ3) is 3.28. The van der Waals surface area contributed by atoms with Crippen molar-refractivity contribution in [3.63, 3.8) is 0 Å². The molecule has 5 N–H and O–H groups in total. The molecule has 33 heavy (non-hydrogen) atoms. The maximum Gasteiger partial charge on any atom is 0.340 e. The molecule has 3 aromatic rings. The summed E-state index contributed by atoms with van der Waals surface area (Å²) in [5.41, 5.74) is 6.14. The van der Waals surface area contributed by atoms with E-state index in [0.29, 0.717) is 34.6 Å². The van der Waals surface area contributed by atoms with Crippen LogP contribution >= 0.6 is 11.8 Å². The molecule has 0 fully saturated rings. The molecule has 0 bridgehead atoms. The third-order valence-electron chi connectivity index (χ3n) is 5.60. The number of aromatic hydroxyl groups is 2. The van der Waals surface area contributed by atoms with Crippen LogP contribution < -0.4 is 15.8 Å². The summed E-state index contributed by atoms with van der Waals surface area (Å²) in [5.74, 6) is 0.0255. The van der Waals surface area contributed by atoms with Gasteiger partial charge in [0.15, 0.2) is 11.4 Å². The summed E-state index contributed by atoms with van der Waals surface area (Å²) < 4.78 is 12.1. The van der Waals surface area contributed by atoms with Gasteiger partial charge in [-0.25, -0.2) is 4.79 Å². The highest BCUT2D eigenvalue weighted by Crippen LogP contribution is 2.59. The summed E-state index contributed by atoms with van der Waals surface area (Å²) in [4.78, 5) is 25.4. The molecule has 168 valence electrons. The Bertz CT molecular complexity index is 1290. The van der Waals surface area contributed by atoms with E-state index < -0.39 is 11.6 Å². The van der Waals surface area contributed by atoms with Crippen LogP contribution in [0, 0.1) is 0 Å². The quantitative estimate of drug-likeness (QED) is 0.257. The fraction of sp³-hybridized carbons (Fsp3) is 0.167. The van der Waals surface area contributed by atoms with Gasteiger partial charge in [-0.1, -0.05) is 18.2 Å². The van der Waals surface area contributed by atoms with Crippen LogP contribution in [0.4, 0.5) is 5.69 Å². The van der Waals surface area contributed by atoms with Crippen molar-refractivity contribution in [2.45, 2.75) is 5.60 Å². The van der Waals surface area contributed by atoms with Crippen molar-refractivity contribution in [2.75, 3.05) is 23.4 Å². The van der Waals surface area contributed by atoms with Crippen molar-refractivity contribution in [1.29, 1.82) is 0 Å². The second-order valence-corrected chi connectivity index (χ2v) is 8.73. The molecule has 0 saturated heterocycles. The number of anilines is 1. The molecule has 2 aliphatic rings. The zero-order chi connectivity index (χ0) is 23.2. The largest absolute Gasteiger partial charge is 0.508 e. The number of fused-ring (bicyclic) bond motifs is 6. The fourth-order valence-corrected chi connectivity index (χ4v) is 4.83. The van der Waals surface area contributed by atoms with Crippen LogP contribution in [0.25, 0.3) is 0 Å². The van der Waals surface area contributed by atoms with Crippen molar-refractivity contribution >= 4 is 29.3 Å². The molecule has 1 unspecified atom stereocenters. The Labute approximate surface area is 193 Å². The van der Waals surface area contributed by atoms with Crippen molar-refractivity contribution in [1.82, 2.24) is 0 Å².